The van der Waals surface area contributed by atoms with E-state index in [0.29, 0.717) is 46.5 Å². The summed E-state index contributed by atoms with van der Waals surface area (Å²) in [5.41, 5.74) is 3.86. The van der Waals surface area contributed by atoms with Crippen molar-refractivity contribution in [2.45, 2.75) is 97.3 Å². The van der Waals surface area contributed by atoms with Crippen molar-refractivity contribution in [1.82, 2.24) is 10.8 Å². The van der Waals surface area contributed by atoms with Crippen molar-refractivity contribution < 1.29 is 20.2 Å². The van der Waals surface area contributed by atoms with Crippen LogP contribution in [0.3, 0.4) is 0 Å². The number of nitrogens with one attached hydrogen (secondary N) is 2. The second-order valence-electron chi connectivity index (χ2n) is 13.5. The van der Waals surface area contributed by atoms with Crippen molar-refractivity contribution in [2.24, 2.45) is 46.3 Å². The molecule has 10 atom stereocenters. The van der Waals surface area contributed by atoms with Gasteiger partial charge in [-0.3, -0.25) is 10.0 Å². The quantitative estimate of drug-likeness (QED) is 0.203. The molecule has 0 heterocycles. The Morgan fingerprint density at radius 3 is 2.43 bits per heavy atom. The maximum absolute atomic E-state index is 11.5. The van der Waals surface area contributed by atoms with Crippen molar-refractivity contribution in [2.75, 3.05) is 6.54 Å². The highest BCUT2D eigenvalue weighted by atomic mass is 16.5. The molecular formula is C31H48N2O4. The molecule has 0 spiro atoms. The van der Waals surface area contributed by atoms with Crippen LogP contribution in [-0.4, -0.2) is 40.1 Å². The van der Waals surface area contributed by atoms with E-state index >= 15 is 0 Å². The number of rotatable bonds is 7. The first kappa shape index (κ1) is 27.1. The van der Waals surface area contributed by atoms with E-state index in [2.05, 4.69) is 26.1 Å². The summed E-state index contributed by atoms with van der Waals surface area (Å²) >= 11 is 0. The Morgan fingerprint density at radius 1 is 1.00 bits per heavy atom. The first-order chi connectivity index (χ1) is 17.7. The van der Waals surface area contributed by atoms with Gasteiger partial charge in [0.05, 0.1) is 12.2 Å². The van der Waals surface area contributed by atoms with E-state index in [1.807, 2.05) is 12.1 Å². The lowest BCUT2D eigenvalue weighted by atomic mass is 9.43. The average molecular weight is 513 g/mol. The Kier molecular flexibility index (Phi) is 7.76. The Hall–Kier alpha value is -1.47. The molecule has 4 saturated carbocycles. The number of benzene rings is 1. The number of carbonyl (C=O) groups excluding carboxylic acids is 1. The van der Waals surface area contributed by atoms with Crippen LogP contribution in [-0.2, 0) is 6.54 Å². The van der Waals surface area contributed by atoms with E-state index in [0.717, 1.165) is 50.8 Å². The van der Waals surface area contributed by atoms with Crippen molar-refractivity contribution in [3.05, 3.63) is 35.4 Å². The molecule has 6 nitrogen and oxygen atoms in total. The van der Waals surface area contributed by atoms with Gasteiger partial charge in [0.1, 0.15) is 0 Å². The number of aliphatic hydroxyl groups excluding tert-OH is 2. The monoisotopic (exact) mass is 512 g/mol. The zero-order chi connectivity index (χ0) is 26.4. The predicted octanol–water partition coefficient (Wildman–Crippen LogP) is 4.91. The fourth-order valence-electron chi connectivity index (χ4n) is 9.78. The van der Waals surface area contributed by atoms with Gasteiger partial charge in [0, 0.05) is 12.1 Å². The number of amides is 1. The van der Waals surface area contributed by atoms with Gasteiger partial charge in [-0.05, 0) is 128 Å². The lowest BCUT2D eigenvalue weighted by Crippen LogP contribution is -2.58. The minimum absolute atomic E-state index is 0.173. The second-order valence-corrected chi connectivity index (χ2v) is 13.5. The van der Waals surface area contributed by atoms with Gasteiger partial charge in [0.2, 0.25) is 0 Å². The van der Waals surface area contributed by atoms with E-state index in [4.69, 9.17) is 5.21 Å². The zero-order valence-electron chi connectivity index (χ0n) is 23.0. The molecular weight excluding hydrogens is 464 g/mol. The molecule has 0 aromatic heterocycles. The van der Waals surface area contributed by atoms with Gasteiger partial charge in [0.25, 0.3) is 5.91 Å². The molecule has 1 amide bonds. The van der Waals surface area contributed by atoms with Crippen LogP contribution in [0.25, 0.3) is 0 Å². The molecule has 0 radical (unpaired) electrons. The summed E-state index contributed by atoms with van der Waals surface area (Å²) in [7, 11) is 0. The standard InChI is InChI=1S/C31H48N2O4/c1-19(12-15-32-18-20-4-6-21(7-5-20)29(36)33-37)24-8-9-25-28-26(11-14-31(24,25)3)30(2)13-10-23(34)16-22(30)17-27(28)35/h4-7,19,22-28,32,34-35,37H,8-18H2,1-3H3,(H,33,36)/t19-,22?,23-,24?,25?,26?,27?,28?,30?,31?/m1/s1. The summed E-state index contributed by atoms with van der Waals surface area (Å²) in [6, 6.07) is 7.32. The summed E-state index contributed by atoms with van der Waals surface area (Å²) in [4.78, 5) is 11.5. The van der Waals surface area contributed by atoms with Gasteiger partial charge in [-0.15, -0.1) is 0 Å². The van der Waals surface area contributed by atoms with Crippen LogP contribution >= 0.6 is 0 Å². The minimum Gasteiger partial charge on any atom is -0.393 e. The Bertz CT molecular complexity index is 953. The molecule has 4 aliphatic carbocycles. The topological polar surface area (TPSA) is 102 Å². The fraction of sp³-hybridized carbons (Fsp3) is 0.774. The first-order valence-corrected chi connectivity index (χ1v) is 14.8. The van der Waals surface area contributed by atoms with Gasteiger partial charge >= 0.3 is 0 Å². The molecule has 5 rings (SSSR count). The third kappa shape index (κ3) is 4.88. The van der Waals surface area contributed by atoms with Crippen LogP contribution in [0.15, 0.2) is 24.3 Å². The smallest absolute Gasteiger partial charge is 0.274 e. The summed E-state index contributed by atoms with van der Waals surface area (Å²) in [5, 5.41) is 34.1. The molecule has 0 bridgehead atoms. The summed E-state index contributed by atoms with van der Waals surface area (Å²) in [6.07, 6.45) is 9.66. The lowest BCUT2D eigenvalue weighted by Gasteiger charge is -2.62. The average Bonchev–Trinajstić information content (AvgIpc) is 3.24. The summed E-state index contributed by atoms with van der Waals surface area (Å²) in [6.45, 7) is 9.21. The van der Waals surface area contributed by atoms with Gasteiger partial charge in [-0.25, -0.2) is 5.48 Å². The summed E-state index contributed by atoms with van der Waals surface area (Å²) < 4.78 is 0. The number of hydrogen-bond acceptors (Lipinski definition) is 5. The maximum Gasteiger partial charge on any atom is 0.274 e. The Labute approximate surface area is 222 Å². The van der Waals surface area contributed by atoms with Gasteiger partial charge in [-0.2, -0.15) is 0 Å². The largest absolute Gasteiger partial charge is 0.393 e. The molecule has 0 saturated heterocycles. The van der Waals surface area contributed by atoms with Crippen molar-refractivity contribution in [3.8, 4) is 0 Å². The molecule has 4 aliphatic rings. The molecule has 0 aliphatic heterocycles. The van der Waals surface area contributed by atoms with Crippen LogP contribution in [0, 0.1) is 46.3 Å². The minimum atomic E-state index is -0.488. The molecule has 4 fully saturated rings. The number of hydroxylamine groups is 1. The van der Waals surface area contributed by atoms with Gasteiger partial charge in [-0.1, -0.05) is 32.9 Å². The molecule has 6 heteroatoms. The van der Waals surface area contributed by atoms with Gasteiger partial charge < -0.3 is 15.5 Å². The van der Waals surface area contributed by atoms with Crippen LogP contribution in [0.4, 0.5) is 0 Å². The van der Waals surface area contributed by atoms with Crippen LogP contribution in [0.2, 0.25) is 0 Å². The molecule has 5 N–H and O–H groups in total. The van der Waals surface area contributed by atoms with Crippen LogP contribution in [0.1, 0.15) is 94.5 Å². The summed E-state index contributed by atoms with van der Waals surface area (Å²) in [5.74, 6) is 3.01. The highest BCUT2D eigenvalue weighted by molar-refractivity contribution is 5.93. The lowest BCUT2D eigenvalue weighted by molar-refractivity contribution is -0.174. The SMILES string of the molecule is C[C@H](CCNCc1ccc(C(=O)NO)cc1)C1CCC2C3C(O)CC4C[C@H](O)CCC4(C)C3CCC21C. The van der Waals surface area contributed by atoms with Gasteiger partial charge in [0.15, 0.2) is 0 Å². The van der Waals surface area contributed by atoms with Crippen LogP contribution in [0.5, 0.6) is 0 Å². The van der Waals surface area contributed by atoms with E-state index in [1.165, 1.54) is 25.7 Å². The molecule has 1 aromatic rings. The molecule has 37 heavy (non-hydrogen) atoms. The molecule has 206 valence electrons. The Morgan fingerprint density at radius 2 is 1.70 bits per heavy atom. The Balaban J connectivity index is 1.17. The highest BCUT2D eigenvalue weighted by Crippen LogP contribution is 2.68. The zero-order valence-corrected chi connectivity index (χ0v) is 23.0. The first-order valence-electron chi connectivity index (χ1n) is 14.8. The number of aliphatic hydroxyl groups is 2. The predicted molar refractivity (Wildman–Crippen MR) is 144 cm³/mol. The number of fused-ring (bicyclic) bond motifs is 5. The second kappa shape index (κ2) is 10.6. The third-order valence-electron chi connectivity index (χ3n) is 11.8. The van der Waals surface area contributed by atoms with Crippen molar-refractivity contribution in [1.29, 1.82) is 0 Å². The van der Waals surface area contributed by atoms with E-state index in [1.54, 1.807) is 17.6 Å². The van der Waals surface area contributed by atoms with Crippen molar-refractivity contribution >= 4 is 5.91 Å². The highest BCUT2D eigenvalue weighted by Gasteiger charge is 2.62. The van der Waals surface area contributed by atoms with Crippen LogP contribution < -0.4 is 10.8 Å². The normalized spacial score (nSPS) is 41.8. The molecule has 1 aromatic carbocycles. The molecule has 8 unspecified atom stereocenters. The van der Waals surface area contributed by atoms with E-state index in [9.17, 15) is 15.0 Å². The maximum atomic E-state index is 11.5. The number of hydrogen-bond donors (Lipinski definition) is 5. The van der Waals surface area contributed by atoms with Crippen molar-refractivity contribution in [3.63, 3.8) is 0 Å². The number of carbonyl (C=O) groups is 1. The van der Waals surface area contributed by atoms with E-state index < -0.39 is 5.91 Å². The third-order valence-corrected chi connectivity index (χ3v) is 11.8. The van der Waals surface area contributed by atoms with E-state index in [-0.39, 0.29) is 17.6 Å². The fourth-order valence-corrected chi connectivity index (χ4v) is 9.78.